The third kappa shape index (κ3) is 13.1. The second-order valence-electron chi connectivity index (χ2n) is 6.02. The third-order valence-electron chi connectivity index (χ3n) is 4.00. The number of hydrogen-bond acceptors (Lipinski definition) is 3. The Morgan fingerprint density at radius 1 is 0.565 bits per heavy atom. The normalized spacial score (nSPS) is 12.0. The van der Waals surface area contributed by atoms with Crippen LogP contribution in [0, 0.1) is 0 Å². The molecule has 0 aromatic heterocycles. The van der Waals surface area contributed by atoms with Gasteiger partial charge >= 0.3 is 0 Å². The molecule has 0 aliphatic carbocycles. The fraction of sp³-hybridized carbons (Fsp3) is 1.00. The maximum atomic E-state index is 5.75. The Balaban J connectivity index is 3.65. The average Bonchev–Trinajstić information content (AvgIpc) is 2.53. The minimum atomic E-state index is -0.812. The van der Waals surface area contributed by atoms with Gasteiger partial charge in [-0.1, -0.05) is 63.8 Å². The molecule has 0 aliphatic rings. The van der Waals surface area contributed by atoms with Crippen molar-refractivity contribution in [3.63, 3.8) is 0 Å². The molecule has 0 aromatic carbocycles. The molecule has 0 N–H and O–H groups in total. The standard InChI is InChI=1S/C19H39O3Si/c1-4-20-19(21-5-2,22-6-3)17-15-13-11-9-7-8-10-12-14-16-18-23/h4-18H2,1-3H3. The topological polar surface area (TPSA) is 27.7 Å². The van der Waals surface area contributed by atoms with Gasteiger partial charge in [0, 0.05) is 36.5 Å². The minimum Gasteiger partial charge on any atom is -0.328 e. The van der Waals surface area contributed by atoms with Crippen molar-refractivity contribution in [1.82, 2.24) is 0 Å². The monoisotopic (exact) mass is 343 g/mol. The summed E-state index contributed by atoms with van der Waals surface area (Å²) in [5, 5.41) is 0. The summed E-state index contributed by atoms with van der Waals surface area (Å²) >= 11 is 0. The first-order chi connectivity index (χ1) is 11.2. The molecule has 4 heteroatoms. The summed E-state index contributed by atoms with van der Waals surface area (Å²) in [6, 6.07) is 1.15. The van der Waals surface area contributed by atoms with Crippen molar-refractivity contribution in [1.29, 1.82) is 0 Å². The van der Waals surface area contributed by atoms with E-state index in [1.54, 1.807) is 0 Å². The van der Waals surface area contributed by atoms with Crippen LogP contribution in [-0.2, 0) is 14.2 Å². The molecule has 3 radical (unpaired) electrons. The zero-order valence-corrected chi connectivity index (χ0v) is 16.8. The van der Waals surface area contributed by atoms with Crippen LogP contribution in [0.4, 0.5) is 0 Å². The largest absolute Gasteiger partial charge is 0.328 e. The molecule has 0 saturated carbocycles. The number of hydrogen-bond donors (Lipinski definition) is 0. The highest BCUT2D eigenvalue weighted by molar-refractivity contribution is 6.08. The van der Waals surface area contributed by atoms with Gasteiger partial charge in [-0.2, -0.15) is 0 Å². The van der Waals surface area contributed by atoms with Crippen molar-refractivity contribution in [3.8, 4) is 0 Å². The van der Waals surface area contributed by atoms with E-state index in [9.17, 15) is 0 Å². The quantitative estimate of drug-likeness (QED) is 0.183. The zero-order valence-electron chi connectivity index (χ0n) is 15.8. The molecule has 0 rings (SSSR count). The summed E-state index contributed by atoms with van der Waals surface area (Å²) in [6.07, 6.45) is 14.1. The Morgan fingerprint density at radius 2 is 0.913 bits per heavy atom. The molecule has 0 unspecified atom stereocenters. The summed E-state index contributed by atoms with van der Waals surface area (Å²) in [6.45, 7) is 7.83. The molecule has 3 nitrogen and oxygen atoms in total. The van der Waals surface area contributed by atoms with Crippen molar-refractivity contribution >= 4 is 10.2 Å². The molecule has 23 heavy (non-hydrogen) atoms. The lowest BCUT2D eigenvalue weighted by atomic mass is 10.1. The van der Waals surface area contributed by atoms with Crippen LogP contribution in [0.1, 0.15) is 91.4 Å². The van der Waals surface area contributed by atoms with Gasteiger partial charge in [0.25, 0.3) is 5.97 Å². The summed E-state index contributed by atoms with van der Waals surface area (Å²) < 4.78 is 17.3. The Labute approximate surface area is 148 Å². The lowest BCUT2D eigenvalue weighted by molar-refractivity contribution is -0.380. The van der Waals surface area contributed by atoms with Crippen LogP contribution in [-0.4, -0.2) is 36.0 Å². The van der Waals surface area contributed by atoms with Crippen molar-refractivity contribution in [2.75, 3.05) is 19.8 Å². The van der Waals surface area contributed by atoms with E-state index in [0.717, 1.165) is 18.9 Å². The lowest BCUT2D eigenvalue weighted by Gasteiger charge is -2.32. The molecule has 0 amide bonds. The molecule has 0 aliphatic heterocycles. The van der Waals surface area contributed by atoms with Gasteiger partial charge < -0.3 is 14.2 Å². The molecule has 0 aromatic rings. The van der Waals surface area contributed by atoms with Crippen LogP contribution in [0.25, 0.3) is 0 Å². The fourth-order valence-electron chi connectivity index (χ4n) is 2.88. The van der Waals surface area contributed by atoms with E-state index in [1.165, 1.54) is 57.8 Å². The van der Waals surface area contributed by atoms with E-state index >= 15 is 0 Å². The highest BCUT2D eigenvalue weighted by Gasteiger charge is 2.31. The third-order valence-corrected chi connectivity index (χ3v) is 4.36. The van der Waals surface area contributed by atoms with E-state index in [4.69, 9.17) is 14.2 Å². The molecule has 0 spiro atoms. The SMILES string of the molecule is CCOC(CCCCCCCCCCCC[Si])(OCC)OCC. The first-order valence-corrected chi connectivity index (χ1v) is 10.5. The highest BCUT2D eigenvalue weighted by Crippen LogP contribution is 2.24. The molecular formula is C19H39O3Si. The summed E-state index contributed by atoms with van der Waals surface area (Å²) in [5.41, 5.74) is 0. The van der Waals surface area contributed by atoms with E-state index in [0.29, 0.717) is 19.8 Å². The Kier molecular flexibility index (Phi) is 17.0. The first kappa shape index (κ1) is 23.1. The predicted molar refractivity (Wildman–Crippen MR) is 99.0 cm³/mol. The highest BCUT2D eigenvalue weighted by atomic mass is 28.1. The smallest absolute Gasteiger partial charge is 0.282 e. The molecule has 0 heterocycles. The molecule has 0 bridgehead atoms. The minimum absolute atomic E-state index is 0.620. The van der Waals surface area contributed by atoms with E-state index < -0.39 is 5.97 Å². The predicted octanol–water partition coefficient (Wildman–Crippen LogP) is 5.63. The van der Waals surface area contributed by atoms with Crippen LogP contribution in [0.15, 0.2) is 0 Å². The second kappa shape index (κ2) is 16.9. The van der Waals surface area contributed by atoms with Crippen LogP contribution in [0.3, 0.4) is 0 Å². The number of unbranched alkanes of at least 4 members (excludes halogenated alkanes) is 9. The first-order valence-electron chi connectivity index (χ1n) is 9.81. The van der Waals surface area contributed by atoms with Crippen LogP contribution in [0.2, 0.25) is 6.04 Å². The van der Waals surface area contributed by atoms with E-state index in [2.05, 4.69) is 10.2 Å². The van der Waals surface area contributed by atoms with Crippen LogP contribution in [0.5, 0.6) is 0 Å². The van der Waals surface area contributed by atoms with Gasteiger partial charge in [0.2, 0.25) is 0 Å². The van der Waals surface area contributed by atoms with Crippen molar-refractivity contribution in [2.45, 2.75) is 103 Å². The van der Waals surface area contributed by atoms with Crippen LogP contribution < -0.4 is 0 Å². The van der Waals surface area contributed by atoms with Gasteiger partial charge in [-0.3, -0.25) is 0 Å². The van der Waals surface area contributed by atoms with Gasteiger partial charge in [-0.05, 0) is 27.2 Å². The lowest BCUT2D eigenvalue weighted by Crippen LogP contribution is -2.39. The van der Waals surface area contributed by atoms with E-state index in [1.807, 2.05) is 20.8 Å². The van der Waals surface area contributed by atoms with Gasteiger partial charge in [-0.25, -0.2) is 0 Å². The Morgan fingerprint density at radius 3 is 1.26 bits per heavy atom. The molecule has 0 atom stereocenters. The van der Waals surface area contributed by atoms with Gasteiger partial charge in [0.05, 0.1) is 0 Å². The van der Waals surface area contributed by atoms with Gasteiger partial charge in [0.15, 0.2) is 0 Å². The Hall–Kier alpha value is 0.0969. The van der Waals surface area contributed by atoms with Crippen molar-refractivity contribution in [2.24, 2.45) is 0 Å². The zero-order chi connectivity index (χ0) is 17.2. The number of ether oxygens (including phenoxy) is 3. The summed E-state index contributed by atoms with van der Waals surface area (Å²) in [7, 11) is 3.53. The average molecular weight is 344 g/mol. The molecule has 0 saturated heterocycles. The summed E-state index contributed by atoms with van der Waals surface area (Å²) in [5.74, 6) is -0.812. The fourth-order valence-corrected chi connectivity index (χ4v) is 3.13. The second-order valence-corrected chi connectivity index (χ2v) is 6.52. The van der Waals surface area contributed by atoms with Gasteiger partial charge in [0.1, 0.15) is 0 Å². The summed E-state index contributed by atoms with van der Waals surface area (Å²) in [4.78, 5) is 0. The molecular weight excluding hydrogens is 304 g/mol. The molecule has 137 valence electrons. The van der Waals surface area contributed by atoms with E-state index in [-0.39, 0.29) is 0 Å². The van der Waals surface area contributed by atoms with Crippen LogP contribution >= 0.6 is 0 Å². The molecule has 0 fully saturated rings. The maximum absolute atomic E-state index is 5.75. The number of rotatable bonds is 18. The van der Waals surface area contributed by atoms with Crippen molar-refractivity contribution < 1.29 is 14.2 Å². The van der Waals surface area contributed by atoms with Crippen molar-refractivity contribution in [3.05, 3.63) is 0 Å². The maximum Gasteiger partial charge on any atom is 0.282 e. The Bertz CT molecular complexity index is 220. The van der Waals surface area contributed by atoms with Gasteiger partial charge in [-0.15, -0.1) is 0 Å².